The summed E-state index contributed by atoms with van der Waals surface area (Å²) in [4.78, 5) is 0. The first kappa shape index (κ1) is 9.03. The Hall–Kier alpha value is 0.0300. The first-order chi connectivity index (χ1) is 4.18. The average molecular weight is 147 g/mol. The van der Waals surface area contributed by atoms with Crippen molar-refractivity contribution in [3.8, 4) is 0 Å². The Kier molecular flexibility index (Phi) is 4.88. The maximum atomic E-state index is 5.53. The molecule has 0 rings (SSSR count). The monoisotopic (exact) mass is 146 g/mol. The lowest BCUT2D eigenvalue weighted by molar-refractivity contribution is 0.896. The third-order valence-corrected chi connectivity index (χ3v) is 1.81. The van der Waals surface area contributed by atoms with E-state index in [1.165, 1.54) is 11.1 Å². The molecule has 0 unspecified atom stereocenters. The molecule has 0 aliphatic carbocycles. The van der Waals surface area contributed by atoms with E-state index < -0.39 is 0 Å². The number of halogens is 1. The van der Waals surface area contributed by atoms with Crippen molar-refractivity contribution in [2.24, 2.45) is 0 Å². The summed E-state index contributed by atoms with van der Waals surface area (Å²) < 4.78 is 0. The van der Waals surface area contributed by atoms with Gasteiger partial charge in [-0.25, -0.2) is 0 Å². The summed E-state index contributed by atoms with van der Waals surface area (Å²) in [6, 6.07) is 0. The predicted octanol–water partition coefficient (Wildman–Crippen LogP) is 3.36. The number of hydrogen-bond donors (Lipinski definition) is 0. The van der Waals surface area contributed by atoms with Crippen LogP contribution < -0.4 is 0 Å². The van der Waals surface area contributed by atoms with Gasteiger partial charge in [0.05, 0.1) is 0 Å². The van der Waals surface area contributed by atoms with Gasteiger partial charge in [-0.2, -0.15) is 0 Å². The zero-order valence-electron chi connectivity index (χ0n) is 6.50. The maximum absolute atomic E-state index is 5.53. The fourth-order valence-electron chi connectivity index (χ4n) is 0.582. The van der Waals surface area contributed by atoms with Crippen molar-refractivity contribution in [1.82, 2.24) is 0 Å². The van der Waals surface area contributed by atoms with E-state index in [2.05, 4.69) is 20.8 Å². The average Bonchev–Trinajstić information content (AvgIpc) is 1.82. The van der Waals surface area contributed by atoms with Crippen LogP contribution >= 0.6 is 11.6 Å². The smallest absolute Gasteiger partial charge is 0.0226 e. The van der Waals surface area contributed by atoms with Gasteiger partial charge in [0, 0.05) is 5.88 Å². The zero-order valence-corrected chi connectivity index (χ0v) is 7.26. The number of allylic oxidation sites excluding steroid dienone is 2. The molecule has 0 saturated heterocycles. The van der Waals surface area contributed by atoms with E-state index in [0.29, 0.717) is 0 Å². The van der Waals surface area contributed by atoms with Gasteiger partial charge in [0.2, 0.25) is 0 Å². The molecule has 0 aliphatic rings. The van der Waals surface area contributed by atoms with Crippen molar-refractivity contribution in [3.63, 3.8) is 0 Å². The fourth-order valence-corrected chi connectivity index (χ4v) is 0.716. The summed E-state index contributed by atoms with van der Waals surface area (Å²) in [5.41, 5.74) is 2.91. The summed E-state index contributed by atoms with van der Waals surface area (Å²) in [5, 5.41) is 0. The third-order valence-electron chi connectivity index (χ3n) is 1.54. The van der Waals surface area contributed by atoms with Gasteiger partial charge in [-0.3, -0.25) is 0 Å². The molecule has 0 amide bonds. The molecule has 1 heteroatoms. The normalized spacial score (nSPS) is 9.33. The Morgan fingerprint density at radius 1 is 1.22 bits per heavy atom. The first-order valence-electron chi connectivity index (χ1n) is 3.37. The van der Waals surface area contributed by atoms with Gasteiger partial charge < -0.3 is 0 Å². The largest absolute Gasteiger partial charge is 0.127 e. The minimum atomic E-state index is 0.782. The standard InChI is InChI=1S/C8H15Cl/c1-7(2)8(3)5-4-6-9/h4-6H2,1-3H3. The molecule has 0 aromatic rings. The fraction of sp³-hybridized carbons (Fsp3) is 0.750. The molecule has 0 saturated carbocycles. The molecule has 0 heterocycles. The summed E-state index contributed by atoms with van der Waals surface area (Å²) in [5.74, 6) is 0.782. The van der Waals surface area contributed by atoms with Crippen LogP contribution in [0.15, 0.2) is 11.1 Å². The Labute approximate surface area is 62.9 Å². The summed E-state index contributed by atoms with van der Waals surface area (Å²) >= 11 is 5.53. The van der Waals surface area contributed by atoms with Crippen LogP contribution in [0.3, 0.4) is 0 Å². The second-order valence-electron chi connectivity index (χ2n) is 2.57. The van der Waals surface area contributed by atoms with Crippen molar-refractivity contribution in [2.75, 3.05) is 5.88 Å². The highest BCUT2D eigenvalue weighted by Crippen LogP contribution is 2.09. The molecular formula is C8H15Cl. The molecule has 54 valence electrons. The van der Waals surface area contributed by atoms with Crippen LogP contribution in [-0.4, -0.2) is 5.88 Å². The van der Waals surface area contributed by atoms with E-state index in [-0.39, 0.29) is 0 Å². The lowest BCUT2D eigenvalue weighted by Gasteiger charge is -1.99. The van der Waals surface area contributed by atoms with Crippen LogP contribution in [0.5, 0.6) is 0 Å². The highest BCUT2D eigenvalue weighted by Gasteiger charge is 1.90. The minimum absolute atomic E-state index is 0.782. The van der Waals surface area contributed by atoms with Crippen molar-refractivity contribution in [1.29, 1.82) is 0 Å². The summed E-state index contributed by atoms with van der Waals surface area (Å²) in [6.45, 7) is 6.45. The molecule has 0 atom stereocenters. The van der Waals surface area contributed by atoms with Gasteiger partial charge in [-0.1, -0.05) is 11.1 Å². The molecule has 0 N–H and O–H groups in total. The Balaban J connectivity index is 3.50. The van der Waals surface area contributed by atoms with Crippen LogP contribution in [0, 0.1) is 0 Å². The Morgan fingerprint density at radius 2 is 1.78 bits per heavy atom. The summed E-state index contributed by atoms with van der Waals surface area (Å²) in [6.07, 6.45) is 2.27. The van der Waals surface area contributed by atoms with Crippen molar-refractivity contribution in [3.05, 3.63) is 11.1 Å². The Morgan fingerprint density at radius 3 is 2.11 bits per heavy atom. The minimum Gasteiger partial charge on any atom is -0.127 e. The van der Waals surface area contributed by atoms with Crippen LogP contribution in [0.25, 0.3) is 0 Å². The van der Waals surface area contributed by atoms with Gasteiger partial charge >= 0.3 is 0 Å². The van der Waals surface area contributed by atoms with Crippen molar-refractivity contribution in [2.45, 2.75) is 33.6 Å². The molecule has 9 heavy (non-hydrogen) atoms. The van der Waals surface area contributed by atoms with Gasteiger partial charge in [-0.15, -0.1) is 11.6 Å². The first-order valence-corrected chi connectivity index (χ1v) is 3.91. The number of hydrogen-bond acceptors (Lipinski definition) is 0. The molecule has 0 aliphatic heterocycles. The molecule has 0 radical (unpaired) electrons. The second-order valence-corrected chi connectivity index (χ2v) is 2.95. The zero-order chi connectivity index (χ0) is 7.28. The topological polar surface area (TPSA) is 0 Å². The lowest BCUT2D eigenvalue weighted by Crippen LogP contribution is -1.81. The highest BCUT2D eigenvalue weighted by molar-refractivity contribution is 6.17. The maximum Gasteiger partial charge on any atom is 0.0226 e. The quantitative estimate of drug-likeness (QED) is 0.423. The van der Waals surface area contributed by atoms with E-state index in [1.54, 1.807) is 0 Å². The van der Waals surface area contributed by atoms with Crippen LogP contribution in [0.1, 0.15) is 33.6 Å². The van der Waals surface area contributed by atoms with Gasteiger partial charge in [-0.05, 0) is 33.6 Å². The second kappa shape index (κ2) is 4.87. The molecule has 0 aromatic carbocycles. The van der Waals surface area contributed by atoms with Gasteiger partial charge in [0.15, 0.2) is 0 Å². The molecular weight excluding hydrogens is 132 g/mol. The van der Waals surface area contributed by atoms with Crippen LogP contribution in [0.4, 0.5) is 0 Å². The highest BCUT2D eigenvalue weighted by atomic mass is 35.5. The van der Waals surface area contributed by atoms with E-state index in [4.69, 9.17) is 11.6 Å². The SMILES string of the molecule is CC(C)=C(C)CCCCl. The van der Waals surface area contributed by atoms with Gasteiger partial charge in [0.1, 0.15) is 0 Å². The molecule has 0 bridgehead atoms. The third kappa shape index (κ3) is 4.53. The van der Waals surface area contributed by atoms with Crippen LogP contribution in [0.2, 0.25) is 0 Å². The molecule has 0 spiro atoms. The lowest BCUT2D eigenvalue weighted by atomic mass is 10.1. The van der Waals surface area contributed by atoms with Gasteiger partial charge in [0.25, 0.3) is 0 Å². The molecule has 0 aromatic heterocycles. The van der Waals surface area contributed by atoms with E-state index >= 15 is 0 Å². The van der Waals surface area contributed by atoms with Crippen molar-refractivity contribution >= 4 is 11.6 Å². The predicted molar refractivity (Wildman–Crippen MR) is 44.0 cm³/mol. The van der Waals surface area contributed by atoms with E-state index in [0.717, 1.165) is 18.7 Å². The Bertz CT molecular complexity index is 99.1. The summed E-state index contributed by atoms with van der Waals surface area (Å²) in [7, 11) is 0. The van der Waals surface area contributed by atoms with E-state index in [9.17, 15) is 0 Å². The number of alkyl halides is 1. The molecule has 0 nitrogen and oxygen atoms in total. The number of rotatable bonds is 3. The van der Waals surface area contributed by atoms with Crippen LogP contribution in [-0.2, 0) is 0 Å². The van der Waals surface area contributed by atoms with Crippen molar-refractivity contribution < 1.29 is 0 Å². The van der Waals surface area contributed by atoms with E-state index in [1.807, 2.05) is 0 Å². The molecule has 0 fully saturated rings.